The predicted molar refractivity (Wildman–Crippen MR) is 103 cm³/mol. The molecule has 0 unspecified atom stereocenters. The molecule has 0 aliphatic rings. The topological polar surface area (TPSA) is 84.5 Å². The Morgan fingerprint density at radius 2 is 1.88 bits per heavy atom. The summed E-state index contributed by atoms with van der Waals surface area (Å²) in [5.41, 5.74) is 0.908. The Balaban J connectivity index is 2.00. The van der Waals surface area contributed by atoms with Gasteiger partial charge >= 0.3 is 0 Å². The van der Waals surface area contributed by atoms with E-state index in [9.17, 15) is 13.2 Å². The van der Waals surface area contributed by atoms with E-state index in [2.05, 4.69) is 10.0 Å². The highest BCUT2D eigenvalue weighted by Gasteiger charge is 2.28. The molecule has 1 amide bonds. The lowest BCUT2D eigenvalue weighted by Gasteiger charge is -2.21. The molecule has 26 heavy (non-hydrogen) atoms. The Labute approximate surface area is 158 Å². The molecule has 142 valence electrons. The fourth-order valence-electron chi connectivity index (χ4n) is 2.30. The maximum Gasteiger partial charge on any atom is 0.250 e. The fourth-order valence-corrected chi connectivity index (χ4v) is 4.66. The zero-order chi connectivity index (χ0) is 19.2. The van der Waals surface area contributed by atoms with Gasteiger partial charge in [-0.25, -0.2) is 8.42 Å². The van der Waals surface area contributed by atoms with Gasteiger partial charge in [0, 0.05) is 6.54 Å². The second-order valence-corrected chi connectivity index (χ2v) is 8.96. The number of benzene rings is 1. The number of rotatable bonds is 9. The number of nitrogens with one attached hydrogen (secondary N) is 2. The van der Waals surface area contributed by atoms with Gasteiger partial charge in [0.15, 0.2) is 0 Å². The lowest BCUT2D eigenvalue weighted by Crippen LogP contribution is -2.49. The summed E-state index contributed by atoms with van der Waals surface area (Å²) in [7, 11) is -3.71. The summed E-state index contributed by atoms with van der Waals surface area (Å²) in [5.74, 6) is 0.227. The molecule has 2 N–H and O–H groups in total. The zero-order valence-electron chi connectivity index (χ0n) is 15.1. The SMILES string of the molecule is CCOc1ccc(CNC(=O)[C@@H](NS(=O)(=O)c2cccs2)C(C)C)cc1. The minimum Gasteiger partial charge on any atom is -0.494 e. The van der Waals surface area contributed by atoms with Crippen LogP contribution in [0.4, 0.5) is 0 Å². The molecule has 2 rings (SSSR count). The van der Waals surface area contributed by atoms with E-state index in [4.69, 9.17) is 4.74 Å². The molecular weight excluding hydrogens is 372 g/mol. The molecule has 0 aliphatic heterocycles. The van der Waals surface area contributed by atoms with Gasteiger partial charge in [-0.15, -0.1) is 11.3 Å². The van der Waals surface area contributed by atoms with Crippen LogP contribution < -0.4 is 14.8 Å². The second kappa shape index (κ2) is 9.16. The predicted octanol–water partition coefficient (Wildman–Crippen LogP) is 2.77. The van der Waals surface area contributed by atoms with Crippen LogP contribution in [-0.4, -0.2) is 27.0 Å². The standard InChI is InChI=1S/C18H24N2O4S2/c1-4-24-15-9-7-14(8-10-15)12-19-18(21)17(13(2)3)20-26(22,23)16-6-5-11-25-16/h5-11,13,17,20H,4,12H2,1-3H3,(H,19,21)/t17-/m0/s1. The summed E-state index contributed by atoms with van der Waals surface area (Å²) in [6.07, 6.45) is 0. The average molecular weight is 397 g/mol. The van der Waals surface area contributed by atoms with Crippen molar-refractivity contribution < 1.29 is 17.9 Å². The summed E-state index contributed by atoms with van der Waals surface area (Å²) < 4.78 is 32.9. The second-order valence-electron chi connectivity index (χ2n) is 6.07. The van der Waals surface area contributed by atoms with E-state index >= 15 is 0 Å². The van der Waals surface area contributed by atoms with E-state index in [1.54, 1.807) is 25.3 Å². The van der Waals surface area contributed by atoms with Crippen LogP contribution in [0.15, 0.2) is 46.0 Å². The highest BCUT2D eigenvalue weighted by atomic mass is 32.2. The van der Waals surface area contributed by atoms with Crippen LogP contribution in [0.5, 0.6) is 5.75 Å². The van der Waals surface area contributed by atoms with Gasteiger partial charge in [-0.2, -0.15) is 4.72 Å². The third-order valence-electron chi connectivity index (χ3n) is 3.69. The maximum absolute atomic E-state index is 12.5. The van der Waals surface area contributed by atoms with Crippen molar-refractivity contribution in [1.82, 2.24) is 10.0 Å². The molecule has 0 saturated heterocycles. The number of hydrogen-bond acceptors (Lipinski definition) is 5. The van der Waals surface area contributed by atoms with Crippen LogP contribution in [0.3, 0.4) is 0 Å². The first-order valence-corrected chi connectivity index (χ1v) is 10.7. The van der Waals surface area contributed by atoms with Crippen LogP contribution in [0.1, 0.15) is 26.3 Å². The Bertz CT molecular complexity index is 800. The minimum absolute atomic E-state index is 0.190. The van der Waals surface area contributed by atoms with Crippen LogP contribution >= 0.6 is 11.3 Å². The van der Waals surface area contributed by atoms with Gasteiger partial charge in [0.25, 0.3) is 10.0 Å². The monoisotopic (exact) mass is 396 g/mol. The molecule has 1 aromatic carbocycles. The first-order chi connectivity index (χ1) is 12.3. The van der Waals surface area contributed by atoms with Crippen molar-refractivity contribution in [2.75, 3.05) is 6.61 Å². The van der Waals surface area contributed by atoms with Crippen molar-refractivity contribution in [3.63, 3.8) is 0 Å². The molecule has 6 nitrogen and oxygen atoms in total. The molecule has 0 radical (unpaired) electrons. The number of carbonyl (C=O) groups excluding carboxylic acids is 1. The molecule has 0 fully saturated rings. The molecular formula is C18H24N2O4S2. The molecule has 0 spiro atoms. The summed E-state index contributed by atoms with van der Waals surface area (Å²) in [5, 5.41) is 4.48. The lowest BCUT2D eigenvalue weighted by molar-refractivity contribution is -0.123. The van der Waals surface area contributed by atoms with Crippen molar-refractivity contribution >= 4 is 27.3 Å². The van der Waals surface area contributed by atoms with E-state index in [1.165, 1.54) is 6.07 Å². The number of carbonyl (C=O) groups is 1. The van der Waals surface area contributed by atoms with Crippen LogP contribution in [0.2, 0.25) is 0 Å². The third-order valence-corrected chi connectivity index (χ3v) is 6.53. The molecule has 2 aromatic rings. The molecule has 0 bridgehead atoms. The van der Waals surface area contributed by atoms with Gasteiger partial charge in [-0.1, -0.05) is 32.0 Å². The Morgan fingerprint density at radius 3 is 2.42 bits per heavy atom. The van der Waals surface area contributed by atoms with E-state index in [1.807, 2.05) is 31.2 Å². The molecule has 8 heteroatoms. The van der Waals surface area contributed by atoms with Crippen LogP contribution in [0, 0.1) is 5.92 Å². The van der Waals surface area contributed by atoms with Gasteiger partial charge in [-0.3, -0.25) is 4.79 Å². The van der Waals surface area contributed by atoms with Gasteiger partial charge in [-0.05, 0) is 42.0 Å². The molecule has 1 heterocycles. The van der Waals surface area contributed by atoms with E-state index < -0.39 is 16.1 Å². The first-order valence-electron chi connectivity index (χ1n) is 8.38. The summed E-state index contributed by atoms with van der Waals surface area (Å²) in [6.45, 7) is 6.43. The van der Waals surface area contributed by atoms with Crippen LogP contribution in [-0.2, 0) is 21.4 Å². The normalized spacial score (nSPS) is 12.8. The fraction of sp³-hybridized carbons (Fsp3) is 0.389. The van der Waals surface area contributed by atoms with Crippen LogP contribution in [0.25, 0.3) is 0 Å². The molecule has 1 atom stereocenters. The Hall–Kier alpha value is -1.90. The third kappa shape index (κ3) is 5.55. The van der Waals surface area contributed by atoms with E-state index in [-0.39, 0.29) is 16.0 Å². The minimum atomic E-state index is -3.71. The van der Waals surface area contributed by atoms with Gasteiger partial charge in [0.2, 0.25) is 5.91 Å². The lowest BCUT2D eigenvalue weighted by atomic mass is 10.0. The maximum atomic E-state index is 12.5. The van der Waals surface area contributed by atoms with Crippen molar-refractivity contribution in [2.45, 2.75) is 37.6 Å². The molecule has 0 saturated carbocycles. The zero-order valence-corrected chi connectivity index (χ0v) is 16.7. The molecule has 0 aliphatic carbocycles. The van der Waals surface area contributed by atoms with Crippen molar-refractivity contribution in [1.29, 1.82) is 0 Å². The number of hydrogen-bond donors (Lipinski definition) is 2. The number of amides is 1. The average Bonchev–Trinajstić information content (AvgIpc) is 3.14. The number of sulfonamides is 1. The highest BCUT2D eigenvalue weighted by Crippen LogP contribution is 2.17. The summed E-state index contributed by atoms with van der Waals surface area (Å²) in [4.78, 5) is 12.5. The first kappa shape index (κ1) is 20.4. The quantitative estimate of drug-likeness (QED) is 0.683. The number of thiophene rings is 1. The Kier molecular flexibility index (Phi) is 7.19. The van der Waals surface area contributed by atoms with Crippen molar-refractivity contribution in [3.8, 4) is 5.75 Å². The highest BCUT2D eigenvalue weighted by molar-refractivity contribution is 7.91. The molecule has 1 aromatic heterocycles. The van der Waals surface area contributed by atoms with Crippen molar-refractivity contribution in [3.05, 3.63) is 47.3 Å². The smallest absolute Gasteiger partial charge is 0.250 e. The van der Waals surface area contributed by atoms with E-state index in [0.29, 0.717) is 13.2 Å². The van der Waals surface area contributed by atoms with Gasteiger partial charge < -0.3 is 10.1 Å². The number of ether oxygens (including phenoxy) is 1. The summed E-state index contributed by atoms with van der Waals surface area (Å²) in [6, 6.07) is 9.74. The largest absolute Gasteiger partial charge is 0.494 e. The van der Waals surface area contributed by atoms with E-state index in [0.717, 1.165) is 22.6 Å². The van der Waals surface area contributed by atoms with Gasteiger partial charge in [0.05, 0.1) is 6.61 Å². The Morgan fingerprint density at radius 1 is 1.19 bits per heavy atom. The summed E-state index contributed by atoms with van der Waals surface area (Å²) >= 11 is 1.12. The van der Waals surface area contributed by atoms with Crippen molar-refractivity contribution in [2.24, 2.45) is 5.92 Å². The van der Waals surface area contributed by atoms with Gasteiger partial charge in [0.1, 0.15) is 16.0 Å².